The Morgan fingerprint density at radius 2 is 2.04 bits per heavy atom. The lowest BCUT2D eigenvalue weighted by molar-refractivity contribution is -0.0310. The summed E-state index contributed by atoms with van der Waals surface area (Å²) in [5.41, 5.74) is -0.894. The van der Waals surface area contributed by atoms with E-state index in [0.717, 1.165) is 12.8 Å². The molecule has 3 unspecified atom stereocenters. The van der Waals surface area contributed by atoms with E-state index in [9.17, 15) is 14.7 Å². The lowest BCUT2D eigenvalue weighted by Crippen LogP contribution is -2.36. The van der Waals surface area contributed by atoms with Crippen molar-refractivity contribution in [2.75, 3.05) is 6.61 Å². The third-order valence-corrected chi connectivity index (χ3v) is 5.45. The Kier molecular flexibility index (Phi) is 5.47. The van der Waals surface area contributed by atoms with Crippen molar-refractivity contribution in [3.8, 4) is 5.75 Å². The summed E-state index contributed by atoms with van der Waals surface area (Å²) in [5.74, 6) is 0.567. The standard InChI is InChI=1S/C21H26O5/c1-12(2)14-9-8-13(3)10-18(14)25-11-16(22)19-20(23)15-6-4-5-7-17(15)26-21(19)24/h4-7,12-14,18,23H,8-11H2,1-3H3. The summed E-state index contributed by atoms with van der Waals surface area (Å²) >= 11 is 0. The molecule has 0 amide bonds. The molecule has 1 aliphatic carbocycles. The number of para-hydroxylation sites is 1. The Morgan fingerprint density at radius 1 is 1.31 bits per heavy atom. The number of rotatable bonds is 5. The average molecular weight is 358 g/mol. The van der Waals surface area contributed by atoms with Gasteiger partial charge in [0.1, 0.15) is 23.5 Å². The van der Waals surface area contributed by atoms with Crippen LogP contribution in [-0.2, 0) is 4.74 Å². The smallest absolute Gasteiger partial charge is 0.351 e. The van der Waals surface area contributed by atoms with Gasteiger partial charge < -0.3 is 14.3 Å². The van der Waals surface area contributed by atoms with Crippen LogP contribution < -0.4 is 5.63 Å². The van der Waals surface area contributed by atoms with E-state index in [1.807, 2.05) is 0 Å². The van der Waals surface area contributed by atoms with Gasteiger partial charge in [-0.05, 0) is 42.7 Å². The molecule has 0 spiro atoms. The highest BCUT2D eigenvalue weighted by Gasteiger charge is 2.32. The molecule has 5 heteroatoms. The first-order valence-corrected chi connectivity index (χ1v) is 9.28. The van der Waals surface area contributed by atoms with Crippen LogP contribution in [0.3, 0.4) is 0 Å². The molecule has 1 fully saturated rings. The number of carbonyl (C=O) groups excluding carboxylic acids is 1. The van der Waals surface area contributed by atoms with Crippen LogP contribution >= 0.6 is 0 Å². The maximum atomic E-state index is 12.6. The molecule has 1 saturated carbocycles. The Bertz CT molecular complexity index is 851. The third kappa shape index (κ3) is 3.68. The molecule has 0 aliphatic heterocycles. The van der Waals surface area contributed by atoms with Gasteiger partial charge in [0.15, 0.2) is 5.78 Å². The zero-order valence-electron chi connectivity index (χ0n) is 15.5. The number of carbonyl (C=O) groups is 1. The number of Topliss-reactive ketones (excluding diaryl/α,β-unsaturated/α-hetero) is 1. The number of ketones is 1. The van der Waals surface area contributed by atoms with Gasteiger partial charge in [-0.15, -0.1) is 0 Å². The molecule has 0 saturated heterocycles. The second kappa shape index (κ2) is 7.62. The fourth-order valence-electron chi connectivity index (χ4n) is 3.94. The summed E-state index contributed by atoms with van der Waals surface area (Å²) in [7, 11) is 0. The van der Waals surface area contributed by atoms with Crippen LogP contribution in [0.4, 0.5) is 0 Å². The van der Waals surface area contributed by atoms with E-state index in [4.69, 9.17) is 9.15 Å². The van der Waals surface area contributed by atoms with E-state index in [1.54, 1.807) is 24.3 Å². The van der Waals surface area contributed by atoms with E-state index in [-0.39, 0.29) is 29.6 Å². The summed E-state index contributed by atoms with van der Waals surface area (Å²) in [4.78, 5) is 24.8. The second-order valence-electron chi connectivity index (χ2n) is 7.71. The summed E-state index contributed by atoms with van der Waals surface area (Å²) < 4.78 is 11.1. The van der Waals surface area contributed by atoms with Crippen molar-refractivity contribution < 1.29 is 19.1 Å². The van der Waals surface area contributed by atoms with Gasteiger partial charge in [0.25, 0.3) is 0 Å². The Labute approximate surface area is 153 Å². The van der Waals surface area contributed by atoms with Gasteiger partial charge in [-0.2, -0.15) is 0 Å². The molecule has 0 bridgehead atoms. The molecule has 1 aromatic carbocycles. The fourth-order valence-corrected chi connectivity index (χ4v) is 3.94. The minimum atomic E-state index is -0.827. The average Bonchev–Trinajstić information content (AvgIpc) is 2.59. The van der Waals surface area contributed by atoms with Crippen molar-refractivity contribution in [2.24, 2.45) is 17.8 Å². The molecular weight excluding hydrogens is 332 g/mol. The zero-order valence-corrected chi connectivity index (χ0v) is 15.5. The maximum absolute atomic E-state index is 12.6. The highest BCUT2D eigenvalue weighted by atomic mass is 16.5. The van der Waals surface area contributed by atoms with Gasteiger partial charge >= 0.3 is 5.63 Å². The molecule has 1 N–H and O–H groups in total. The van der Waals surface area contributed by atoms with Gasteiger partial charge in [0.05, 0.1) is 11.5 Å². The lowest BCUT2D eigenvalue weighted by atomic mass is 9.75. The summed E-state index contributed by atoms with van der Waals surface area (Å²) in [6, 6.07) is 6.61. The van der Waals surface area contributed by atoms with Gasteiger partial charge in [0.2, 0.25) is 0 Å². The number of fused-ring (bicyclic) bond motifs is 1. The summed E-state index contributed by atoms with van der Waals surface area (Å²) in [5, 5.41) is 10.7. The molecule has 1 aromatic heterocycles. The van der Waals surface area contributed by atoms with Crippen LogP contribution in [0.15, 0.2) is 33.5 Å². The van der Waals surface area contributed by atoms with Crippen LogP contribution in [0.2, 0.25) is 0 Å². The first kappa shape index (κ1) is 18.6. The van der Waals surface area contributed by atoms with Gasteiger partial charge in [-0.25, -0.2) is 4.79 Å². The van der Waals surface area contributed by atoms with Gasteiger partial charge in [-0.3, -0.25) is 4.79 Å². The molecule has 0 radical (unpaired) electrons. The quantitative estimate of drug-likeness (QED) is 0.641. The van der Waals surface area contributed by atoms with Crippen LogP contribution in [0.5, 0.6) is 5.75 Å². The van der Waals surface area contributed by atoms with Crippen molar-refractivity contribution in [3.63, 3.8) is 0 Å². The van der Waals surface area contributed by atoms with E-state index >= 15 is 0 Å². The zero-order chi connectivity index (χ0) is 18.8. The van der Waals surface area contributed by atoms with Crippen LogP contribution in [0.1, 0.15) is 50.4 Å². The molecule has 2 aromatic rings. The number of benzene rings is 1. The highest BCUT2D eigenvalue weighted by Crippen LogP contribution is 2.35. The predicted molar refractivity (Wildman–Crippen MR) is 99.6 cm³/mol. The SMILES string of the molecule is CC1CCC(C(C)C)C(OCC(=O)c2c(O)c3ccccc3oc2=O)C1. The Hall–Kier alpha value is -2.14. The van der Waals surface area contributed by atoms with E-state index in [0.29, 0.717) is 23.1 Å². The van der Waals surface area contributed by atoms with Gasteiger partial charge in [0, 0.05) is 0 Å². The molecule has 5 nitrogen and oxygen atoms in total. The van der Waals surface area contributed by atoms with E-state index in [1.165, 1.54) is 6.42 Å². The van der Waals surface area contributed by atoms with Crippen molar-refractivity contribution >= 4 is 16.8 Å². The Balaban J connectivity index is 1.80. The highest BCUT2D eigenvalue weighted by molar-refractivity contribution is 6.03. The van der Waals surface area contributed by atoms with Crippen molar-refractivity contribution in [2.45, 2.75) is 46.1 Å². The second-order valence-corrected chi connectivity index (χ2v) is 7.71. The van der Waals surface area contributed by atoms with Crippen LogP contribution in [0, 0.1) is 17.8 Å². The Morgan fingerprint density at radius 3 is 2.77 bits per heavy atom. The fraction of sp³-hybridized carbons (Fsp3) is 0.524. The molecule has 3 atom stereocenters. The van der Waals surface area contributed by atoms with E-state index < -0.39 is 11.4 Å². The number of aromatic hydroxyl groups is 1. The number of ether oxygens (including phenoxy) is 1. The first-order valence-electron chi connectivity index (χ1n) is 9.28. The topological polar surface area (TPSA) is 76.7 Å². The third-order valence-electron chi connectivity index (χ3n) is 5.45. The molecule has 3 rings (SSSR count). The van der Waals surface area contributed by atoms with Gasteiger partial charge in [-0.1, -0.05) is 39.3 Å². The van der Waals surface area contributed by atoms with Crippen molar-refractivity contribution in [1.82, 2.24) is 0 Å². The maximum Gasteiger partial charge on any atom is 0.351 e. The molecule has 140 valence electrons. The molecule has 1 heterocycles. The first-order chi connectivity index (χ1) is 12.4. The number of hydrogen-bond acceptors (Lipinski definition) is 5. The van der Waals surface area contributed by atoms with Crippen LogP contribution in [0.25, 0.3) is 11.0 Å². The molecule has 1 aliphatic rings. The van der Waals surface area contributed by atoms with Crippen LogP contribution in [-0.4, -0.2) is 23.6 Å². The summed E-state index contributed by atoms with van der Waals surface area (Å²) in [6.45, 7) is 6.31. The number of hydrogen-bond donors (Lipinski definition) is 1. The minimum Gasteiger partial charge on any atom is -0.506 e. The van der Waals surface area contributed by atoms with Crippen molar-refractivity contribution in [3.05, 3.63) is 40.2 Å². The summed E-state index contributed by atoms with van der Waals surface area (Å²) in [6.07, 6.45) is 3.17. The largest absolute Gasteiger partial charge is 0.506 e. The lowest BCUT2D eigenvalue weighted by Gasteiger charge is -2.37. The minimum absolute atomic E-state index is 0.00246. The van der Waals surface area contributed by atoms with E-state index in [2.05, 4.69) is 20.8 Å². The van der Waals surface area contributed by atoms with Crippen molar-refractivity contribution in [1.29, 1.82) is 0 Å². The predicted octanol–water partition coefficient (Wildman–Crippen LogP) is 4.16. The normalized spacial score (nSPS) is 23.5. The molecular formula is C21H26O5. The molecule has 26 heavy (non-hydrogen) atoms. The monoisotopic (exact) mass is 358 g/mol.